The predicted octanol–water partition coefficient (Wildman–Crippen LogP) is 7.45. The number of hydrogen-bond acceptors (Lipinski definition) is 6. The molecule has 0 fully saturated rings. The molecule has 6 nitrogen and oxygen atoms in total. The Morgan fingerprint density at radius 2 is 1.33 bits per heavy atom. The molecule has 0 bridgehead atoms. The molecule has 0 aliphatic rings. The fourth-order valence-corrected chi connectivity index (χ4v) is 4.45. The molecular formula is C27H24F4N2O4S2. The van der Waals surface area contributed by atoms with E-state index in [1.165, 1.54) is 40.9 Å². The fraction of sp³-hybridized carbons (Fsp3) is 0.185. The third kappa shape index (κ3) is 8.04. The highest BCUT2D eigenvalue weighted by atomic mass is 32.1. The minimum atomic E-state index is -1.50. The standard InChI is InChI=1S/C13H11F2NO2S.C13H9F2NO2S.CH4/c2*1-7-16-9(6-19-7)4-2-8-3-5-10(13(17)18)12(15)11(8)14;/h3,5-6H,2,4H2,1H3,(H,17,18);2-6H,1H3,(H,17,18);1H4. The van der Waals surface area contributed by atoms with Gasteiger partial charge in [0.2, 0.25) is 0 Å². The third-order valence-corrected chi connectivity index (χ3v) is 6.74. The molecule has 2 heterocycles. The summed E-state index contributed by atoms with van der Waals surface area (Å²) in [4.78, 5) is 29.7. The van der Waals surface area contributed by atoms with E-state index in [9.17, 15) is 27.2 Å². The maximum absolute atomic E-state index is 13.7. The first kappa shape index (κ1) is 31.3. The van der Waals surface area contributed by atoms with Crippen LogP contribution in [0.4, 0.5) is 17.6 Å². The van der Waals surface area contributed by atoms with E-state index in [-0.39, 0.29) is 25.0 Å². The van der Waals surface area contributed by atoms with Crippen molar-refractivity contribution in [2.24, 2.45) is 0 Å². The van der Waals surface area contributed by atoms with E-state index in [2.05, 4.69) is 9.97 Å². The first-order valence-electron chi connectivity index (χ1n) is 10.9. The Morgan fingerprint density at radius 3 is 1.87 bits per heavy atom. The number of carboxylic acids is 2. The van der Waals surface area contributed by atoms with Crippen molar-refractivity contribution in [2.75, 3.05) is 0 Å². The number of halogens is 4. The van der Waals surface area contributed by atoms with Crippen molar-refractivity contribution in [3.05, 3.63) is 102 Å². The van der Waals surface area contributed by atoms with Gasteiger partial charge in [-0.1, -0.05) is 19.6 Å². The number of nitrogens with zero attached hydrogens (tertiary/aromatic N) is 2. The Bertz CT molecular complexity index is 1520. The average Bonchev–Trinajstić information content (AvgIpc) is 3.48. The molecule has 0 aliphatic carbocycles. The van der Waals surface area contributed by atoms with Crippen LogP contribution < -0.4 is 0 Å². The number of thiazole rings is 2. The summed E-state index contributed by atoms with van der Waals surface area (Å²) in [6, 6.07) is 4.65. The zero-order valence-electron chi connectivity index (χ0n) is 20.0. The quantitative estimate of drug-likeness (QED) is 0.220. The number of rotatable bonds is 7. The van der Waals surface area contributed by atoms with Gasteiger partial charge in [0.05, 0.1) is 32.5 Å². The molecule has 0 saturated heterocycles. The minimum Gasteiger partial charge on any atom is -0.478 e. The number of hydrogen-bond donors (Lipinski definition) is 2. The van der Waals surface area contributed by atoms with E-state index < -0.39 is 46.3 Å². The van der Waals surface area contributed by atoms with Gasteiger partial charge in [-0.05, 0) is 56.5 Å². The number of carboxylic acid groups (broad SMARTS) is 2. The molecule has 39 heavy (non-hydrogen) atoms. The lowest BCUT2D eigenvalue weighted by Crippen LogP contribution is -2.06. The maximum Gasteiger partial charge on any atom is 0.338 e. The van der Waals surface area contributed by atoms with E-state index in [0.717, 1.165) is 27.8 Å². The Balaban J connectivity index is 0.000000267. The molecule has 0 aliphatic heterocycles. The molecule has 0 saturated carbocycles. The second-order valence-electron chi connectivity index (χ2n) is 7.82. The lowest BCUT2D eigenvalue weighted by atomic mass is 10.0. The van der Waals surface area contributed by atoms with Crippen LogP contribution in [0.2, 0.25) is 0 Å². The van der Waals surface area contributed by atoms with Crippen LogP contribution in [-0.2, 0) is 12.8 Å². The van der Waals surface area contributed by atoms with Gasteiger partial charge in [0.25, 0.3) is 0 Å². The molecule has 0 unspecified atom stereocenters. The van der Waals surface area contributed by atoms with E-state index in [4.69, 9.17) is 10.2 Å². The molecule has 0 spiro atoms. The zero-order valence-corrected chi connectivity index (χ0v) is 21.6. The van der Waals surface area contributed by atoms with Gasteiger partial charge >= 0.3 is 11.9 Å². The van der Waals surface area contributed by atoms with Gasteiger partial charge in [-0.3, -0.25) is 0 Å². The largest absolute Gasteiger partial charge is 0.478 e. The maximum atomic E-state index is 13.7. The molecule has 0 amide bonds. The molecule has 2 aromatic heterocycles. The monoisotopic (exact) mass is 580 g/mol. The van der Waals surface area contributed by atoms with Gasteiger partial charge in [0, 0.05) is 16.3 Å². The summed E-state index contributed by atoms with van der Waals surface area (Å²) in [6.07, 6.45) is 3.68. The second kappa shape index (κ2) is 13.8. The molecule has 2 aromatic carbocycles. The molecule has 206 valence electrons. The Hall–Kier alpha value is -3.90. The SMILES string of the molecule is C.Cc1nc(C=Cc2ccc(C(=O)O)c(F)c2F)cs1.Cc1nc(CCc2ccc(C(=O)O)c(F)c2F)cs1. The van der Waals surface area contributed by atoms with Crippen LogP contribution in [0.25, 0.3) is 12.2 Å². The van der Waals surface area contributed by atoms with Gasteiger partial charge < -0.3 is 10.2 Å². The van der Waals surface area contributed by atoms with E-state index in [0.29, 0.717) is 12.1 Å². The second-order valence-corrected chi connectivity index (χ2v) is 9.95. The summed E-state index contributed by atoms with van der Waals surface area (Å²) >= 11 is 2.94. The summed E-state index contributed by atoms with van der Waals surface area (Å²) < 4.78 is 54.2. The number of benzene rings is 2. The molecule has 0 radical (unpaired) electrons. The molecule has 2 N–H and O–H groups in total. The predicted molar refractivity (Wildman–Crippen MR) is 143 cm³/mol. The van der Waals surface area contributed by atoms with E-state index in [1.807, 2.05) is 19.2 Å². The Kier molecular flexibility index (Phi) is 11.1. The number of aromatic carboxylic acids is 2. The Labute approximate surface area is 230 Å². The molecule has 0 atom stereocenters. The van der Waals surface area contributed by atoms with Crippen molar-refractivity contribution < 1.29 is 37.4 Å². The van der Waals surface area contributed by atoms with Crippen LogP contribution in [-0.4, -0.2) is 32.1 Å². The van der Waals surface area contributed by atoms with Gasteiger partial charge in [-0.2, -0.15) is 0 Å². The highest BCUT2D eigenvalue weighted by Crippen LogP contribution is 2.20. The van der Waals surface area contributed by atoms with E-state index in [1.54, 1.807) is 11.5 Å². The zero-order chi connectivity index (χ0) is 28.0. The van der Waals surface area contributed by atoms with Crippen LogP contribution >= 0.6 is 22.7 Å². The van der Waals surface area contributed by atoms with Gasteiger partial charge in [-0.25, -0.2) is 37.1 Å². The summed E-state index contributed by atoms with van der Waals surface area (Å²) in [7, 11) is 0. The summed E-state index contributed by atoms with van der Waals surface area (Å²) in [5.74, 6) is -7.90. The molecule has 4 rings (SSSR count). The van der Waals surface area contributed by atoms with Crippen molar-refractivity contribution >= 4 is 46.8 Å². The van der Waals surface area contributed by atoms with Crippen molar-refractivity contribution in [2.45, 2.75) is 34.1 Å². The lowest BCUT2D eigenvalue weighted by molar-refractivity contribution is 0.0679. The van der Waals surface area contributed by atoms with Crippen LogP contribution in [0, 0.1) is 37.1 Å². The van der Waals surface area contributed by atoms with Crippen LogP contribution in [0.1, 0.15) is 60.7 Å². The first-order valence-corrected chi connectivity index (χ1v) is 12.7. The highest BCUT2D eigenvalue weighted by Gasteiger charge is 2.18. The number of carbonyl (C=O) groups is 2. The molecule has 4 aromatic rings. The van der Waals surface area contributed by atoms with Crippen LogP contribution in [0.5, 0.6) is 0 Å². The summed E-state index contributed by atoms with van der Waals surface area (Å²) in [5.41, 5.74) is 0.278. The number of aryl methyl sites for hydroxylation is 4. The number of aromatic nitrogens is 2. The van der Waals surface area contributed by atoms with Gasteiger partial charge in [0.15, 0.2) is 23.3 Å². The summed E-state index contributed by atoms with van der Waals surface area (Å²) in [5, 5.41) is 22.8. The third-order valence-electron chi connectivity index (χ3n) is 5.12. The van der Waals surface area contributed by atoms with Crippen LogP contribution in [0.3, 0.4) is 0 Å². The Morgan fingerprint density at radius 1 is 0.769 bits per heavy atom. The smallest absolute Gasteiger partial charge is 0.338 e. The van der Waals surface area contributed by atoms with Crippen LogP contribution in [0.15, 0.2) is 35.0 Å². The summed E-state index contributed by atoms with van der Waals surface area (Å²) in [6.45, 7) is 3.71. The fourth-order valence-electron chi connectivity index (χ4n) is 3.22. The normalized spacial score (nSPS) is 10.6. The lowest BCUT2D eigenvalue weighted by Gasteiger charge is -2.05. The highest BCUT2D eigenvalue weighted by molar-refractivity contribution is 7.09. The topological polar surface area (TPSA) is 100 Å². The van der Waals surface area contributed by atoms with E-state index >= 15 is 0 Å². The molecule has 12 heteroatoms. The molecular weight excluding hydrogens is 556 g/mol. The van der Waals surface area contributed by atoms with Crippen molar-refractivity contribution in [3.8, 4) is 0 Å². The van der Waals surface area contributed by atoms with Crippen molar-refractivity contribution in [1.82, 2.24) is 9.97 Å². The average molecular weight is 581 g/mol. The van der Waals surface area contributed by atoms with Gasteiger partial charge in [-0.15, -0.1) is 22.7 Å². The van der Waals surface area contributed by atoms with Gasteiger partial charge in [0.1, 0.15) is 0 Å². The van der Waals surface area contributed by atoms with Crippen molar-refractivity contribution in [3.63, 3.8) is 0 Å². The van der Waals surface area contributed by atoms with Crippen molar-refractivity contribution in [1.29, 1.82) is 0 Å². The minimum absolute atomic E-state index is 0. The first-order chi connectivity index (χ1) is 18.0.